The molecule has 0 atom stereocenters. The number of nitrogens with one attached hydrogen (secondary N) is 1. The number of carbonyl (C=O) groups excluding carboxylic acids is 1. The second-order valence-corrected chi connectivity index (χ2v) is 12.2. The number of pyridine rings is 1. The maximum absolute atomic E-state index is 13.0. The summed E-state index contributed by atoms with van der Waals surface area (Å²) in [5, 5.41) is 16.4. The molecule has 4 aromatic rings. The lowest BCUT2D eigenvalue weighted by molar-refractivity contribution is -0.137. The average molecular weight is 638 g/mol. The van der Waals surface area contributed by atoms with Gasteiger partial charge in [-0.15, -0.1) is 10.2 Å². The second-order valence-electron chi connectivity index (χ2n) is 12.2. The molecule has 0 saturated heterocycles. The molecule has 2 aliphatic rings. The lowest BCUT2D eigenvalue weighted by atomic mass is 9.79. The highest BCUT2D eigenvalue weighted by Gasteiger charge is 2.32. The van der Waals surface area contributed by atoms with Crippen LogP contribution in [-0.2, 0) is 31.2 Å². The fraction of sp³-hybridized carbons (Fsp3) is 0.485. The summed E-state index contributed by atoms with van der Waals surface area (Å²) in [6, 6.07) is 11.9. The van der Waals surface area contributed by atoms with E-state index in [0.717, 1.165) is 81.1 Å². The Balaban J connectivity index is 0.947. The maximum atomic E-state index is 13.0. The summed E-state index contributed by atoms with van der Waals surface area (Å²) in [4.78, 5) is 16.2. The fourth-order valence-electron chi connectivity index (χ4n) is 6.52. The molecule has 2 fully saturated rings. The van der Waals surface area contributed by atoms with Crippen LogP contribution in [-0.4, -0.2) is 41.7 Å². The van der Waals surface area contributed by atoms with Gasteiger partial charge in [-0.25, -0.2) is 9.78 Å². The van der Waals surface area contributed by atoms with Crippen molar-refractivity contribution in [3.05, 3.63) is 89.4 Å². The number of benzene rings is 1. The van der Waals surface area contributed by atoms with Gasteiger partial charge in [0.25, 0.3) is 0 Å². The standard InChI is InChI=1S/C33H38F3N7O3/c1-42-29(21-45-30-17-26(15-16-37-30)33(34,35)36)40-41-31(42)24-9-7-23(8-10-24)25-18-38-43(19-25)28-13-11-27(12-14-28)39-32(44)46-20-22-5-3-2-4-6-22/h2-6,15-19,23-24,27-28H,7-14,20-21H2,1H3,(H,39,44)/t23-,24-,27-,28-. The van der Waals surface area contributed by atoms with Crippen molar-refractivity contribution >= 4 is 6.09 Å². The molecular formula is C33H38F3N7O3. The number of alkyl carbamates (subject to hydrolysis) is 1. The lowest BCUT2D eigenvalue weighted by Gasteiger charge is -2.29. The smallest absolute Gasteiger partial charge is 0.416 e. The van der Waals surface area contributed by atoms with Crippen LogP contribution in [0, 0.1) is 0 Å². The van der Waals surface area contributed by atoms with Crippen LogP contribution < -0.4 is 10.1 Å². The number of aromatic nitrogens is 6. The third kappa shape index (κ3) is 7.68. The highest BCUT2D eigenvalue weighted by molar-refractivity contribution is 5.67. The first-order valence-electron chi connectivity index (χ1n) is 15.8. The van der Waals surface area contributed by atoms with Gasteiger partial charge in [-0.1, -0.05) is 30.3 Å². The van der Waals surface area contributed by atoms with Crippen LogP contribution >= 0.6 is 0 Å². The Kier molecular flexibility index (Phi) is 9.55. The Morgan fingerprint density at radius 1 is 0.957 bits per heavy atom. The fourth-order valence-corrected chi connectivity index (χ4v) is 6.52. The van der Waals surface area contributed by atoms with Gasteiger partial charge in [-0.2, -0.15) is 18.3 Å². The minimum atomic E-state index is -4.46. The van der Waals surface area contributed by atoms with Gasteiger partial charge in [-0.3, -0.25) is 4.68 Å². The molecule has 6 rings (SSSR count). The van der Waals surface area contributed by atoms with E-state index in [1.807, 2.05) is 48.1 Å². The van der Waals surface area contributed by atoms with Crippen LogP contribution in [0.1, 0.15) is 97.6 Å². The van der Waals surface area contributed by atoms with Crippen molar-refractivity contribution in [3.8, 4) is 5.88 Å². The van der Waals surface area contributed by atoms with Crippen LogP contribution in [0.5, 0.6) is 5.88 Å². The number of rotatable bonds is 9. The first-order valence-corrected chi connectivity index (χ1v) is 15.8. The summed E-state index contributed by atoms with van der Waals surface area (Å²) in [5.41, 5.74) is 1.41. The van der Waals surface area contributed by atoms with E-state index in [1.165, 1.54) is 5.56 Å². The second kappa shape index (κ2) is 13.9. The minimum Gasteiger partial charge on any atom is -0.469 e. The molecule has 2 saturated carbocycles. The van der Waals surface area contributed by atoms with Crippen molar-refractivity contribution in [1.29, 1.82) is 0 Å². The van der Waals surface area contributed by atoms with E-state index >= 15 is 0 Å². The molecule has 0 spiro atoms. The Labute approximate surface area is 265 Å². The van der Waals surface area contributed by atoms with Crippen molar-refractivity contribution in [2.24, 2.45) is 7.05 Å². The summed E-state index contributed by atoms with van der Waals surface area (Å²) in [5.74, 6) is 1.95. The highest BCUT2D eigenvalue weighted by atomic mass is 19.4. The van der Waals surface area contributed by atoms with Crippen LogP contribution in [0.3, 0.4) is 0 Å². The van der Waals surface area contributed by atoms with Crippen molar-refractivity contribution in [1.82, 2.24) is 34.8 Å². The van der Waals surface area contributed by atoms with Gasteiger partial charge in [0.05, 0.1) is 17.8 Å². The van der Waals surface area contributed by atoms with E-state index in [1.54, 1.807) is 0 Å². The van der Waals surface area contributed by atoms with Crippen LogP contribution in [0.2, 0.25) is 0 Å². The predicted octanol–water partition coefficient (Wildman–Crippen LogP) is 6.86. The van der Waals surface area contributed by atoms with E-state index in [2.05, 4.69) is 31.4 Å². The Morgan fingerprint density at radius 2 is 1.70 bits per heavy atom. The molecule has 3 heterocycles. The minimum absolute atomic E-state index is 0.0251. The number of ether oxygens (including phenoxy) is 2. The van der Waals surface area contributed by atoms with E-state index in [0.29, 0.717) is 17.8 Å². The first kappa shape index (κ1) is 31.6. The third-order valence-corrected chi connectivity index (χ3v) is 9.20. The van der Waals surface area contributed by atoms with E-state index in [-0.39, 0.29) is 37.1 Å². The quantitative estimate of drug-likeness (QED) is 0.214. The predicted molar refractivity (Wildman–Crippen MR) is 162 cm³/mol. The molecule has 1 N–H and O–H groups in total. The molecule has 2 aliphatic carbocycles. The molecule has 10 nitrogen and oxygen atoms in total. The third-order valence-electron chi connectivity index (χ3n) is 9.20. The number of carbonyl (C=O) groups is 1. The zero-order chi connectivity index (χ0) is 32.1. The van der Waals surface area contributed by atoms with Crippen LogP contribution in [0.25, 0.3) is 0 Å². The van der Waals surface area contributed by atoms with Gasteiger partial charge in [0.1, 0.15) is 19.0 Å². The molecule has 1 aromatic carbocycles. The van der Waals surface area contributed by atoms with Crippen molar-refractivity contribution in [2.75, 3.05) is 0 Å². The van der Waals surface area contributed by atoms with Gasteiger partial charge in [0.2, 0.25) is 5.88 Å². The van der Waals surface area contributed by atoms with Gasteiger partial charge in [0.15, 0.2) is 5.82 Å². The van der Waals surface area contributed by atoms with Crippen LogP contribution in [0.15, 0.2) is 61.1 Å². The molecule has 244 valence electrons. The van der Waals surface area contributed by atoms with Gasteiger partial charge in [-0.05, 0) is 74.5 Å². The summed E-state index contributed by atoms with van der Waals surface area (Å²) in [6.45, 7) is 0.238. The van der Waals surface area contributed by atoms with E-state index in [4.69, 9.17) is 14.6 Å². The largest absolute Gasteiger partial charge is 0.469 e. The average Bonchev–Trinajstić information content (AvgIpc) is 3.71. The topological polar surface area (TPSA) is 109 Å². The number of alkyl halides is 3. The van der Waals surface area contributed by atoms with Crippen LogP contribution in [0.4, 0.5) is 18.0 Å². The number of hydrogen-bond donors (Lipinski definition) is 1. The summed E-state index contributed by atoms with van der Waals surface area (Å²) >= 11 is 0. The molecule has 0 unspecified atom stereocenters. The maximum Gasteiger partial charge on any atom is 0.416 e. The van der Waals surface area contributed by atoms with Crippen molar-refractivity contribution < 1.29 is 27.4 Å². The van der Waals surface area contributed by atoms with Crippen molar-refractivity contribution in [3.63, 3.8) is 0 Å². The zero-order valence-electron chi connectivity index (χ0n) is 25.7. The Morgan fingerprint density at radius 3 is 2.43 bits per heavy atom. The lowest BCUT2D eigenvalue weighted by Crippen LogP contribution is -2.38. The number of halogens is 3. The molecule has 3 aromatic heterocycles. The molecule has 1 amide bonds. The van der Waals surface area contributed by atoms with Gasteiger partial charge < -0.3 is 19.4 Å². The van der Waals surface area contributed by atoms with Gasteiger partial charge >= 0.3 is 12.3 Å². The SMILES string of the molecule is Cn1c(COc2cc(C(F)(F)F)ccn2)nnc1[C@H]1CC[C@H](c2cnn([C@H]3CC[C@H](NC(=O)OCc4ccccc4)CC3)c2)CC1. The van der Waals surface area contributed by atoms with E-state index in [9.17, 15) is 18.0 Å². The number of hydrogen-bond acceptors (Lipinski definition) is 7. The molecule has 46 heavy (non-hydrogen) atoms. The molecule has 0 bridgehead atoms. The Bertz CT molecular complexity index is 1590. The number of nitrogens with zero attached hydrogens (tertiary/aromatic N) is 6. The zero-order valence-corrected chi connectivity index (χ0v) is 25.7. The normalized spacial score (nSPS) is 21.9. The first-order chi connectivity index (χ1) is 22.2. The van der Waals surface area contributed by atoms with Crippen molar-refractivity contribution in [2.45, 2.75) is 94.7 Å². The summed E-state index contributed by atoms with van der Waals surface area (Å²) in [6.07, 6.45) is 8.00. The molecular weight excluding hydrogens is 599 g/mol. The molecule has 0 radical (unpaired) electrons. The monoisotopic (exact) mass is 637 g/mol. The Hall–Kier alpha value is -4.42. The van der Waals surface area contributed by atoms with E-state index < -0.39 is 11.7 Å². The highest BCUT2D eigenvalue weighted by Crippen LogP contribution is 2.40. The molecule has 13 heteroatoms. The molecule has 0 aliphatic heterocycles. The summed E-state index contributed by atoms with van der Waals surface area (Å²) < 4.78 is 53.9. The summed E-state index contributed by atoms with van der Waals surface area (Å²) in [7, 11) is 1.86. The number of amides is 1. The van der Waals surface area contributed by atoms with Gasteiger partial charge in [0, 0.05) is 37.5 Å².